The van der Waals surface area contributed by atoms with E-state index >= 15 is 0 Å². The molecular formula is C16H14FN3O. The van der Waals surface area contributed by atoms with Crippen LogP contribution in [0.25, 0.3) is 5.69 Å². The van der Waals surface area contributed by atoms with E-state index in [0.717, 1.165) is 11.3 Å². The molecule has 0 atom stereocenters. The lowest BCUT2D eigenvalue weighted by molar-refractivity contribution is 0.432. The Morgan fingerprint density at radius 3 is 2.62 bits per heavy atom. The van der Waals surface area contributed by atoms with Crippen molar-refractivity contribution >= 4 is 5.69 Å². The van der Waals surface area contributed by atoms with E-state index in [9.17, 15) is 4.39 Å². The Morgan fingerprint density at radius 1 is 1.14 bits per heavy atom. The van der Waals surface area contributed by atoms with Gasteiger partial charge >= 0.3 is 0 Å². The molecule has 0 bridgehead atoms. The van der Waals surface area contributed by atoms with Crippen molar-refractivity contribution in [2.24, 2.45) is 0 Å². The fourth-order valence-electron chi connectivity index (χ4n) is 2.02. The summed E-state index contributed by atoms with van der Waals surface area (Å²) >= 11 is 0. The Morgan fingerprint density at radius 2 is 1.95 bits per heavy atom. The number of rotatable bonds is 4. The van der Waals surface area contributed by atoms with E-state index in [0.29, 0.717) is 12.2 Å². The summed E-state index contributed by atoms with van der Waals surface area (Å²) < 4.78 is 15.1. The van der Waals surface area contributed by atoms with Gasteiger partial charge in [0, 0.05) is 36.4 Å². The van der Waals surface area contributed by atoms with E-state index in [2.05, 4.69) is 10.3 Å². The number of aromatic nitrogens is 2. The highest BCUT2D eigenvalue weighted by Gasteiger charge is 2.02. The Bertz CT molecular complexity index is 724. The Hall–Kier alpha value is -2.82. The second kappa shape index (κ2) is 5.66. The highest BCUT2D eigenvalue weighted by molar-refractivity contribution is 5.47. The number of aromatic hydroxyl groups is 1. The molecule has 3 rings (SSSR count). The van der Waals surface area contributed by atoms with Gasteiger partial charge in [-0.2, -0.15) is 0 Å². The zero-order valence-corrected chi connectivity index (χ0v) is 11.2. The van der Waals surface area contributed by atoms with Gasteiger partial charge in [0.15, 0.2) is 11.6 Å². The second-order valence-electron chi connectivity index (χ2n) is 4.66. The number of nitrogens with one attached hydrogen (secondary N) is 1. The fraction of sp³-hybridized carbons (Fsp3) is 0.0625. The molecule has 1 aromatic heterocycles. The van der Waals surface area contributed by atoms with Crippen LogP contribution in [0.2, 0.25) is 0 Å². The zero-order chi connectivity index (χ0) is 14.7. The number of nitrogens with zero attached hydrogens (tertiary/aromatic N) is 2. The molecule has 0 aliphatic carbocycles. The molecule has 0 aliphatic heterocycles. The lowest BCUT2D eigenvalue weighted by Gasteiger charge is -2.08. The molecule has 3 aromatic rings. The predicted molar refractivity (Wildman–Crippen MR) is 79.0 cm³/mol. The normalized spacial score (nSPS) is 10.5. The molecule has 2 N–H and O–H groups in total. The summed E-state index contributed by atoms with van der Waals surface area (Å²) in [7, 11) is 0. The van der Waals surface area contributed by atoms with Crippen molar-refractivity contribution in [3.05, 3.63) is 72.6 Å². The summed E-state index contributed by atoms with van der Waals surface area (Å²) in [6.45, 7) is 0.578. The minimum Gasteiger partial charge on any atom is -0.505 e. The van der Waals surface area contributed by atoms with Gasteiger partial charge in [0.1, 0.15) is 0 Å². The van der Waals surface area contributed by atoms with E-state index in [1.54, 1.807) is 18.6 Å². The van der Waals surface area contributed by atoms with E-state index in [-0.39, 0.29) is 5.75 Å². The summed E-state index contributed by atoms with van der Waals surface area (Å²) in [5, 5.41) is 12.3. The van der Waals surface area contributed by atoms with E-state index in [4.69, 9.17) is 5.11 Å². The molecule has 0 saturated heterocycles. The average Bonchev–Trinajstić information content (AvgIpc) is 3.03. The summed E-state index contributed by atoms with van der Waals surface area (Å²) in [5.41, 5.74) is 2.74. The van der Waals surface area contributed by atoms with Crippen LogP contribution in [0.1, 0.15) is 5.56 Å². The molecular weight excluding hydrogens is 269 g/mol. The summed E-state index contributed by atoms with van der Waals surface area (Å²) in [5.74, 6) is -0.972. The van der Waals surface area contributed by atoms with Gasteiger partial charge in [-0.15, -0.1) is 0 Å². The van der Waals surface area contributed by atoms with Crippen molar-refractivity contribution in [1.82, 2.24) is 9.55 Å². The molecule has 0 unspecified atom stereocenters. The topological polar surface area (TPSA) is 50.1 Å². The first-order chi connectivity index (χ1) is 10.2. The van der Waals surface area contributed by atoms with Gasteiger partial charge in [-0.3, -0.25) is 0 Å². The number of phenolic OH excluding ortho intramolecular Hbond substituents is 1. The number of benzene rings is 2. The molecule has 0 radical (unpaired) electrons. The van der Waals surface area contributed by atoms with Gasteiger partial charge < -0.3 is 15.0 Å². The SMILES string of the molecule is Oc1ccc(NCc2ccc(-n3ccnc3)cc2)cc1F. The van der Waals surface area contributed by atoms with Crippen molar-refractivity contribution in [2.75, 3.05) is 5.32 Å². The monoisotopic (exact) mass is 283 g/mol. The van der Waals surface area contributed by atoms with Crippen LogP contribution in [-0.2, 0) is 6.54 Å². The lowest BCUT2D eigenvalue weighted by atomic mass is 10.2. The highest BCUT2D eigenvalue weighted by atomic mass is 19.1. The maximum Gasteiger partial charge on any atom is 0.166 e. The van der Waals surface area contributed by atoms with Crippen LogP contribution < -0.4 is 5.32 Å². The van der Waals surface area contributed by atoms with Gasteiger partial charge in [0.05, 0.1) is 6.33 Å². The standard InChI is InChI=1S/C16H14FN3O/c17-15-9-13(3-6-16(15)21)19-10-12-1-4-14(5-2-12)20-8-7-18-11-20/h1-9,11,19,21H,10H2. The van der Waals surface area contributed by atoms with Crippen LogP contribution >= 0.6 is 0 Å². The quantitative estimate of drug-likeness (QED) is 0.722. The van der Waals surface area contributed by atoms with Crippen LogP contribution in [0.15, 0.2) is 61.2 Å². The zero-order valence-electron chi connectivity index (χ0n) is 11.2. The third kappa shape index (κ3) is 3.02. The number of hydrogen-bond donors (Lipinski definition) is 2. The van der Waals surface area contributed by atoms with Gasteiger partial charge in [-0.25, -0.2) is 9.37 Å². The maximum atomic E-state index is 13.2. The Labute approximate surface area is 121 Å². The maximum absolute atomic E-state index is 13.2. The summed E-state index contributed by atoms with van der Waals surface area (Å²) in [4.78, 5) is 4.01. The van der Waals surface area contributed by atoms with Gasteiger partial charge in [0.2, 0.25) is 0 Å². The molecule has 0 amide bonds. The van der Waals surface area contributed by atoms with Crippen LogP contribution in [-0.4, -0.2) is 14.7 Å². The summed E-state index contributed by atoms with van der Waals surface area (Å²) in [6.07, 6.45) is 5.35. The molecule has 1 heterocycles. The van der Waals surface area contributed by atoms with Crippen LogP contribution in [0.5, 0.6) is 5.75 Å². The molecule has 0 aliphatic rings. The third-order valence-electron chi connectivity index (χ3n) is 3.18. The van der Waals surface area contributed by atoms with Crippen molar-refractivity contribution in [3.8, 4) is 11.4 Å². The highest BCUT2D eigenvalue weighted by Crippen LogP contribution is 2.20. The first kappa shape index (κ1) is 13.2. The van der Waals surface area contributed by atoms with E-state index < -0.39 is 5.82 Å². The van der Waals surface area contributed by atoms with Gasteiger partial charge in [-0.05, 0) is 29.8 Å². The molecule has 0 spiro atoms. The first-order valence-corrected chi connectivity index (χ1v) is 6.52. The van der Waals surface area contributed by atoms with Crippen LogP contribution in [0.3, 0.4) is 0 Å². The fourth-order valence-corrected chi connectivity index (χ4v) is 2.02. The number of halogens is 1. The second-order valence-corrected chi connectivity index (χ2v) is 4.66. The Balaban J connectivity index is 1.66. The molecule has 21 heavy (non-hydrogen) atoms. The molecule has 0 saturated carbocycles. The van der Waals surface area contributed by atoms with E-state index in [1.165, 1.54) is 12.1 Å². The number of imidazole rings is 1. The lowest BCUT2D eigenvalue weighted by Crippen LogP contribution is -2.00. The Kier molecular flexibility index (Phi) is 3.55. The van der Waals surface area contributed by atoms with Crippen molar-refractivity contribution in [2.45, 2.75) is 6.54 Å². The first-order valence-electron chi connectivity index (χ1n) is 6.52. The van der Waals surface area contributed by atoms with Crippen molar-refractivity contribution in [1.29, 1.82) is 0 Å². The summed E-state index contributed by atoms with van der Waals surface area (Å²) in [6, 6.07) is 12.2. The minimum atomic E-state index is -0.629. The van der Waals surface area contributed by atoms with E-state index in [1.807, 2.05) is 35.0 Å². The molecule has 2 aromatic carbocycles. The molecule has 5 heteroatoms. The third-order valence-corrected chi connectivity index (χ3v) is 3.18. The van der Waals surface area contributed by atoms with Gasteiger partial charge in [-0.1, -0.05) is 12.1 Å². The smallest absolute Gasteiger partial charge is 0.166 e. The predicted octanol–water partition coefficient (Wildman–Crippen LogP) is 3.33. The number of phenols is 1. The molecule has 106 valence electrons. The van der Waals surface area contributed by atoms with Crippen LogP contribution in [0, 0.1) is 5.82 Å². The van der Waals surface area contributed by atoms with Crippen molar-refractivity contribution in [3.63, 3.8) is 0 Å². The largest absolute Gasteiger partial charge is 0.505 e. The molecule has 0 fully saturated rings. The van der Waals surface area contributed by atoms with Crippen molar-refractivity contribution < 1.29 is 9.50 Å². The minimum absolute atomic E-state index is 0.342. The van der Waals surface area contributed by atoms with Gasteiger partial charge in [0.25, 0.3) is 0 Å². The van der Waals surface area contributed by atoms with Crippen LogP contribution in [0.4, 0.5) is 10.1 Å². The number of hydrogen-bond acceptors (Lipinski definition) is 3. The molecule has 4 nitrogen and oxygen atoms in total. The average molecular weight is 283 g/mol. The number of anilines is 1.